The highest BCUT2D eigenvalue weighted by atomic mass is 15.1. The molecule has 0 saturated heterocycles. The third-order valence-electron chi connectivity index (χ3n) is 3.66. The molecule has 0 aliphatic carbocycles. The van der Waals surface area contributed by atoms with E-state index in [2.05, 4.69) is 45.0 Å². The van der Waals surface area contributed by atoms with Crippen LogP contribution in [0.25, 0.3) is 0 Å². The van der Waals surface area contributed by atoms with Crippen LogP contribution in [0.1, 0.15) is 17.0 Å². The Hall–Kier alpha value is -1.81. The van der Waals surface area contributed by atoms with Crippen molar-refractivity contribution < 1.29 is 0 Å². The quantitative estimate of drug-likeness (QED) is 0.908. The summed E-state index contributed by atoms with van der Waals surface area (Å²) in [7, 11) is 4.18. The molecule has 1 aromatic heterocycles. The lowest BCUT2D eigenvalue weighted by Gasteiger charge is -2.17. The third-order valence-corrected chi connectivity index (χ3v) is 3.66. The van der Waals surface area contributed by atoms with Crippen LogP contribution >= 0.6 is 0 Å². The number of benzene rings is 1. The van der Waals surface area contributed by atoms with E-state index in [-0.39, 0.29) is 0 Å². The lowest BCUT2D eigenvalue weighted by molar-refractivity contribution is 0.307. The molecule has 0 bridgehead atoms. The summed E-state index contributed by atoms with van der Waals surface area (Å²) in [5.41, 5.74) is 4.12. The third kappa shape index (κ3) is 2.63. The van der Waals surface area contributed by atoms with Crippen LogP contribution in [0.15, 0.2) is 30.6 Å². The van der Waals surface area contributed by atoms with Gasteiger partial charge in [-0.15, -0.1) is 0 Å². The minimum absolute atomic E-state index is 0.874. The summed E-state index contributed by atoms with van der Waals surface area (Å²) in [6.07, 6.45) is 4.99. The Kier molecular flexibility index (Phi) is 3.25. The molecule has 1 aromatic carbocycles. The number of fused-ring (bicyclic) bond motifs is 1. The second-order valence-corrected chi connectivity index (χ2v) is 5.29. The van der Waals surface area contributed by atoms with Crippen molar-refractivity contribution in [3.8, 4) is 0 Å². The van der Waals surface area contributed by atoms with Gasteiger partial charge >= 0.3 is 0 Å². The van der Waals surface area contributed by atoms with Gasteiger partial charge < -0.3 is 9.88 Å². The largest absolute Gasteiger partial charge is 0.384 e. The number of anilines is 1. The zero-order valence-electron chi connectivity index (χ0n) is 11.6. The summed E-state index contributed by atoms with van der Waals surface area (Å²) in [4.78, 5) is 6.66. The van der Waals surface area contributed by atoms with Crippen LogP contribution < -0.4 is 5.32 Å². The standard InChI is InChI=1S/C15H20N4/c1-18(11-15-17-7-8-19(15)2)10-12-3-4-14-13(9-12)5-6-16-14/h3-4,7-9,16H,5-6,10-11H2,1-2H3. The molecule has 4 heteroatoms. The number of hydrogen-bond acceptors (Lipinski definition) is 3. The number of aryl methyl sites for hydroxylation is 1. The fraction of sp³-hybridized carbons (Fsp3) is 0.400. The van der Waals surface area contributed by atoms with Crippen LogP contribution in [0, 0.1) is 0 Å². The fourth-order valence-electron chi connectivity index (χ4n) is 2.61. The topological polar surface area (TPSA) is 33.1 Å². The van der Waals surface area contributed by atoms with Crippen LogP contribution in [-0.4, -0.2) is 28.0 Å². The number of rotatable bonds is 4. The van der Waals surface area contributed by atoms with Gasteiger partial charge in [0.25, 0.3) is 0 Å². The predicted molar refractivity (Wildman–Crippen MR) is 77.0 cm³/mol. The van der Waals surface area contributed by atoms with Gasteiger partial charge in [0.2, 0.25) is 0 Å². The van der Waals surface area contributed by atoms with Gasteiger partial charge in [0.15, 0.2) is 0 Å². The van der Waals surface area contributed by atoms with E-state index in [1.807, 2.05) is 19.4 Å². The second kappa shape index (κ2) is 5.05. The van der Waals surface area contributed by atoms with E-state index in [0.717, 1.165) is 31.9 Å². The van der Waals surface area contributed by atoms with Crippen molar-refractivity contribution in [3.63, 3.8) is 0 Å². The Bertz CT molecular complexity index is 573. The predicted octanol–water partition coefficient (Wildman–Crippen LogP) is 2.02. The van der Waals surface area contributed by atoms with E-state index in [1.165, 1.54) is 16.8 Å². The van der Waals surface area contributed by atoms with Gasteiger partial charge in [-0.1, -0.05) is 12.1 Å². The molecule has 0 fully saturated rings. The van der Waals surface area contributed by atoms with Gasteiger partial charge in [-0.05, 0) is 30.7 Å². The molecule has 0 amide bonds. The van der Waals surface area contributed by atoms with Crippen molar-refractivity contribution in [2.45, 2.75) is 19.5 Å². The van der Waals surface area contributed by atoms with E-state index >= 15 is 0 Å². The molecule has 1 N–H and O–H groups in total. The SMILES string of the molecule is CN(Cc1ccc2c(c1)CCN2)Cc1nccn1C. The van der Waals surface area contributed by atoms with Gasteiger partial charge in [0.1, 0.15) is 5.82 Å². The van der Waals surface area contributed by atoms with E-state index < -0.39 is 0 Å². The molecular weight excluding hydrogens is 236 g/mol. The first-order chi connectivity index (χ1) is 9.22. The molecule has 1 aliphatic rings. The van der Waals surface area contributed by atoms with Crippen LogP contribution in [0.4, 0.5) is 5.69 Å². The van der Waals surface area contributed by atoms with Gasteiger partial charge in [-0.3, -0.25) is 4.90 Å². The van der Waals surface area contributed by atoms with Crippen LogP contribution in [0.5, 0.6) is 0 Å². The van der Waals surface area contributed by atoms with Crippen molar-refractivity contribution in [3.05, 3.63) is 47.5 Å². The zero-order chi connectivity index (χ0) is 13.2. The van der Waals surface area contributed by atoms with E-state index in [1.54, 1.807) is 0 Å². The van der Waals surface area contributed by atoms with Gasteiger partial charge in [-0.2, -0.15) is 0 Å². The van der Waals surface area contributed by atoms with Gasteiger partial charge in [0.05, 0.1) is 6.54 Å². The van der Waals surface area contributed by atoms with Crippen LogP contribution in [0.2, 0.25) is 0 Å². The Morgan fingerprint density at radius 1 is 1.37 bits per heavy atom. The van der Waals surface area contributed by atoms with Crippen molar-refractivity contribution in [2.24, 2.45) is 7.05 Å². The van der Waals surface area contributed by atoms with Crippen molar-refractivity contribution in [1.29, 1.82) is 0 Å². The normalized spacial score (nSPS) is 13.6. The van der Waals surface area contributed by atoms with E-state index in [4.69, 9.17) is 0 Å². The Morgan fingerprint density at radius 2 is 2.26 bits per heavy atom. The molecule has 2 aromatic rings. The number of imidazole rings is 1. The molecule has 3 rings (SSSR count). The molecule has 0 spiro atoms. The maximum Gasteiger partial charge on any atom is 0.122 e. The molecular formula is C15H20N4. The Balaban J connectivity index is 1.66. The molecule has 2 heterocycles. The first kappa shape index (κ1) is 12.2. The van der Waals surface area contributed by atoms with Crippen LogP contribution in [-0.2, 0) is 26.6 Å². The molecule has 0 saturated carbocycles. The first-order valence-electron chi connectivity index (χ1n) is 6.73. The maximum absolute atomic E-state index is 4.37. The molecule has 0 atom stereocenters. The summed E-state index contributed by atoms with van der Waals surface area (Å²) >= 11 is 0. The highest BCUT2D eigenvalue weighted by Gasteiger charge is 2.11. The summed E-state index contributed by atoms with van der Waals surface area (Å²) in [5, 5.41) is 3.40. The molecule has 4 nitrogen and oxygen atoms in total. The lowest BCUT2D eigenvalue weighted by Crippen LogP contribution is -2.19. The highest BCUT2D eigenvalue weighted by Crippen LogP contribution is 2.23. The number of aromatic nitrogens is 2. The number of nitrogens with zero attached hydrogens (tertiary/aromatic N) is 3. The number of nitrogens with one attached hydrogen (secondary N) is 1. The van der Waals surface area contributed by atoms with Crippen molar-refractivity contribution >= 4 is 5.69 Å². The zero-order valence-corrected chi connectivity index (χ0v) is 11.6. The Morgan fingerprint density at radius 3 is 3.05 bits per heavy atom. The van der Waals surface area contributed by atoms with Crippen molar-refractivity contribution in [1.82, 2.24) is 14.5 Å². The lowest BCUT2D eigenvalue weighted by atomic mass is 10.1. The van der Waals surface area contributed by atoms with Crippen molar-refractivity contribution in [2.75, 3.05) is 18.9 Å². The fourth-order valence-corrected chi connectivity index (χ4v) is 2.61. The average molecular weight is 256 g/mol. The summed E-state index contributed by atoms with van der Waals surface area (Å²) < 4.78 is 2.07. The first-order valence-corrected chi connectivity index (χ1v) is 6.73. The minimum atomic E-state index is 0.874. The molecule has 19 heavy (non-hydrogen) atoms. The number of hydrogen-bond donors (Lipinski definition) is 1. The Labute approximate surface area is 114 Å². The second-order valence-electron chi connectivity index (χ2n) is 5.29. The monoisotopic (exact) mass is 256 g/mol. The maximum atomic E-state index is 4.37. The average Bonchev–Trinajstić information content (AvgIpc) is 2.98. The smallest absolute Gasteiger partial charge is 0.122 e. The molecule has 0 radical (unpaired) electrons. The summed E-state index contributed by atoms with van der Waals surface area (Å²) in [6, 6.07) is 6.74. The highest BCUT2D eigenvalue weighted by molar-refractivity contribution is 5.56. The minimum Gasteiger partial charge on any atom is -0.384 e. The van der Waals surface area contributed by atoms with Crippen LogP contribution in [0.3, 0.4) is 0 Å². The van der Waals surface area contributed by atoms with E-state index in [0.29, 0.717) is 0 Å². The summed E-state index contributed by atoms with van der Waals surface area (Å²) in [5.74, 6) is 1.10. The van der Waals surface area contributed by atoms with Gasteiger partial charge in [0, 0.05) is 38.2 Å². The molecule has 0 unspecified atom stereocenters. The summed E-state index contributed by atoms with van der Waals surface area (Å²) in [6.45, 7) is 2.90. The molecule has 1 aliphatic heterocycles. The van der Waals surface area contributed by atoms with Gasteiger partial charge in [-0.25, -0.2) is 4.98 Å². The molecule has 100 valence electrons. The van der Waals surface area contributed by atoms with E-state index in [9.17, 15) is 0 Å².